The molecule has 1 saturated heterocycles. The van der Waals surface area contributed by atoms with E-state index in [4.69, 9.17) is 11.6 Å². The normalized spacial score (nSPS) is 21.4. The van der Waals surface area contributed by atoms with Gasteiger partial charge in [0.1, 0.15) is 0 Å². The van der Waals surface area contributed by atoms with E-state index in [0.29, 0.717) is 12.1 Å². The van der Waals surface area contributed by atoms with Crippen LogP contribution in [-0.2, 0) is 0 Å². The number of rotatable bonds is 5. The van der Waals surface area contributed by atoms with Gasteiger partial charge >= 0.3 is 0 Å². The van der Waals surface area contributed by atoms with Crippen LogP contribution in [0.1, 0.15) is 38.3 Å². The number of nitrogens with one attached hydrogen (secondary N) is 1. The third kappa shape index (κ3) is 3.47. The molecule has 0 amide bonds. The minimum absolute atomic E-state index is 0.453. The molecule has 0 spiro atoms. The second kappa shape index (κ2) is 6.55. The minimum atomic E-state index is 0.453. The molecule has 2 atom stereocenters. The monoisotopic (exact) mass is 266 g/mol. The number of benzene rings is 1. The number of hydrogen-bond acceptors (Lipinski definition) is 2. The Hall–Kier alpha value is -0.570. The molecule has 1 aromatic carbocycles. The van der Waals surface area contributed by atoms with E-state index in [1.807, 2.05) is 12.1 Å². The summed E-state index contributed by atoms with van der Waals surface area (Å²) in [5.41, 5.74) is 1.35. The standard InChI is InChI=1S/C15H23ClN2/c1-3-18(11-15-5-4-10-17-15)12(2)13-6-8-14(16)9-7-13/h6-9,12,15,17H,3-5,10-11H2,1-2H3. The summed E-state index contributed by atoms with van der Waals surface area (Å²) in [6.07, 6.45) is 2.63. The van der Waals surface area contributed by atoms with Gasteiger partial charge in [0.15, 0.2) is 0 Å². The fraction of sp³-hybridized carbons (Fsp3) is 0.600. The van der Waals surface area contributed by atoms with Crippen molar-refractivity contribution < 1.29 is 0 Å². The SMILES string of the molecule is CCN(CC1CCCN1)C(C)c1ccc(Cl)cc1. The first-order valence-corrected chi connectivity index (χ1v) is 7.31. The van der Waals surface area contributed by atoms with Crippen LogP contribution >= 0.6 is 11.6 Å². The Kier molecular flexibility index (Phi) is 5.04. The summed E-state index contributed by atoms with van der Waals surface area (Å²) in [6.45, 7) is 7.92. The topological polar surface area (TPSA) is 15.3 Å². The second-order valence-corrected chi connectivity index (χ2v) is 5.54. The van der Waals surface area contributed by atoms with E-state index in [1.54, 1.807) is 0 Å². The molecule has 0 radical (unpaired) electrons. The Morgan fingerprint density at radius 2 is 2.11 bits per heavy atom. The lowest BCUT2D eigenvalue weighted by molar-refractivity contribution is 0.202. The third-order valence-electron chi connectivity index (χ3n) is 3.92. The molecule has 2 nitrogen and oxygen atoms in total. The van der Waals surface area contributed by atoms with Gasteiger partial charge in [-0.25, -0.2) is 0 Å². The van der Waals surface area contributed by atoms with Gasteiger partial charge in [-0.05, 0) is 50.6 Å². The Labute approximate surface area is 115 Å². The first-order valence-electron chi connectivity index (χ1n) is 6.93. The first kappa shape index (κ1) is 13.9. The van der Waals surface area contributed by atoms with Crippen LogP contribution in [0.2, 0.25) is 5.02 Å². The maximum atomic E-state index is 5.94. The molecule has 1 aromatic rings. The van der Waals surface area contributed by atoms with Crippen molar-refractivity contribution in [2.24, 2.45) is 0 Å². The Morgan fingerprint density at radius 3 is 2.67 bits per heavy atom. The van der Waals surface area contributed by atoms with E-state index in [9.17, 15) is 0 Å². The summed E-state index contributed by atoms with van der Waals surface area (Å²) in [5.74, 6) is 0. The highest BCUT2D eigenvalue weighted by Gasteiger charge is 2.21. The molecule has 0 saturated carbocycles. The molecule has 0 bridgehead atoms. The van der Waals surface area contributed by atoms with Gasteiger partial charge in [-0.2, -0.15) is 0 Å². The predicted octanol–water partition coefficient (Wildman–Crippen LogP) is 3.47. The molecule has 1 N–H and O–H groups in total. The van der Waals surface area contributed by atoms with Crippen molar-refractivity contribution in [2.45, 2.75) is 38.8 Å². The summed E-state index contributed by atoms with van der Waals surface area (Å²) in [5, 5.41) is 4.39. The molecule has 1 aliphatic rings. The second-order valence-electron chi connectivity index (χ2n) is 5.11. The fourth-order valence-corrected chi connectivity index (χ4v) is 2.83. The van der Waals surface area contributed by atoms with Gasteiger partial charge in [-0.15, -0.1) is 0 Å². The molecule has 0 aromatic heterocycles. The number of nitrogens with zero attached hydrogens (tertiary/aromatic N) is 1. The summed E-state index contributed by atoms with van der Waals surface area (Å²) >= 11 is 5.94. The summed E-state index contributed by atoms with van der Waals surface area (Å²) in [6, 6.07) is 9.36. The first-order chi connectivity index (χ1) is 8.70. The lowest BCUT2D eigenvalue weighted by atomic mass is 10.1. The number of likely N-dealkylation sites (N-methyl/N-ethyl adjacent to an activating group) is 1. The van der Waals surface area contributed by atoms with Crippen LogP contribution in [0.15, 0.2) is 24.3 Å². The predicted molar refractivity (Wildman–Crippen MR) is 78.1 cm³/mol. The van der Waals surface area contributed by atoms with Crippen molar-refractivity contribution in [3.63, 3.8) is 0 Å². The highest BCUT2D eigenvalue weighted by molar-refractivity contribution is 6.30. The van der Waals surface area contributed by atoms with Crippen LogP contribution in [0.25, 0.3) is 0 Å². The van der Waals surface area contributed by atoms with Crippen molar-refractivity contribution in [3.8, 4) is 0 Å². The smallest absolute Gasteiger partial charge is 0.0406 e. The van der Waals surface area contributed by atoms with Gasteiger partial charge in [0.2, 0.25) is 0 Å². The van der Waals surface area contributed by atoms with Crippen molar-refractivity contribution >= 4 is 11.6 Å². The van der Waals surface area contributed by atoms with Crippen LogP contribution in [-0.4, -0.2) is 30.6 Å². The summed E-state index contributed by atoms with van der Waals surface area (Å²) < 4.78 is 0. The van der Waals surface area contributed by atoms with Gasteiger partial charge in [0, 0.05) is 23.7 Å². The lowest BCUT2D eigenvalue weighted by Crippen LogP contribution is -2.38. The van der Waals surface area contributed by atoms with Gasteiger partial charge in [-0.1, -0.05) is 30.7 Å². The molecule has 3 heteroatoms. The fourth-order valence-electron chi connectivity index (χ4n) is 2.71. The molecule has 1 fully saturated rings. The molecular weight excluding hydrogens is 244 g/mol. The van der Waals surface area contributed by atoms with Crippen LogP contribution < -0.4 is 5.32 Å². The van der Waals surface area contributed by atoms with E-state index in [0.717, 1.165) is 18.1 Å². The van der Waals surface area contributed by atoms with E-state index < -0.39 is 0 Å². The molecular formula is C15H23ClN2. The zero-order valence-electron chi connectivity index (χ0n) is 11.3. The Morgan fingerprint density at radius 1 is 1.39 bits per heavy atom. The van der Waals surface area contributed by atoms with E-state index in [2.05, 4.69) is 36.2 Å². The molecule has 1 heterocycles. The quantitative estimate of drug-likeness (QED) is 0.878. The van der Waals surface area contributed by atoms with Crippen LogP contribution in [0.4, 0.5) is 0 Å². The maximum absolute atomic E-state index is 5.94. The zero-order chi connectivity index (χ0) is 13.0. The van der Waals surface area contributed by atoms with Crippen LogP contribution in [0, 0.1) is 0 Å². The zero-order valence-corrected chi connectivity index (χ0v) is 12.1. The van der Waals surface area contributed by atoms with Crippen molar-refractivity contribution in [1.29, 1.82) is 0 Å². The molecule has 2 unspecified atom stereocenters. The van der Waals surface area contributed by atoms with E-state index in [1.165, 1.54) is 24.9 Å². The molecule has 18 heavy (non-hydrogen) atoms. The highest BCUT2D eigenvalue weighted by atomic mass is 35.5. The Balaban J connectivity index is 1.99. The summed E-state index contributed by atoms with van der Waals surface area (Å²) in [4.78, 5) is 2.53. The maximum Gasteiger partial charge on any atom is 0.0406 e. The number of halogens is 1. The van der Waals surface area contributed by atoms with Crippen molar-refractivity contribution in [1.82, 2.24) is 10.2 Å². The number of hydrogen-bond donors (Lipinski definition) is 1. The molecule has 100 valence electrons. The summed E-state index contributed by atoms with van der Waals surface area (Å²) in [7, 11) is 0. The van der Waals surface area contributed by atoms with Gasteiger partial charge in [0.25, 0.3) is 0 Å². The average Bonchev–Trinajstić information content (AvgIpc) is 2.89. The van der Waals surface area contributed by atoms with Gasteiger partial charge in [0.05, 0.1) is 0 Å². The lowest BCUT2D eigenvalue weighted by Gasteiger charge is -2.30. The van der Waals surface area contributed by atoms with E-state index in [-0.39, 0.29) is 0 Å². The van der Waals surface area contributed by atoms with E-state index >= 15 is 0 Å². The van der Waals surface area contributed by atoms with Crippen molar-refractivity contribution in [2.75, 3.05) is 19.6 Å². The van der Waals surface area contributed by atoms with Gasteiger partial charge in [-0.3, -0.25) is 4.90 Å². The highest BCUT2D eigenvalue weighted by Crippen LogP contribution is 2.22. The van der Waals surface area contributed by atoms with Crippen molar-refractivity contribution in [3.05, 3.63) is 34.9 Å². The Bertz CT molecular complexity index is 357. The minimum Gasteiger partial charge on any atom is -0.313 e. The molecule has 2 rings (SSSR count). The van der Waals surface area contributed by atoms with Crippen LogP contribution in [0.5, 0.6) is 0 Å². The average molecular weight is 267 g/mol. The van der Waals surface area contributed by atoms with Gasteiger partial charge < -0.3 is 5.32 Å². The van der Waals surface area contributed by atoms with Crippen LogP contribution in [0.3, 0.4) is 0 Å². The largest absolute Gasteiger partial charge is 0.313 e. The molecule has 1 aliphatic heterocycles. The molecule has 0 aliphatic carbocycles. The third-order valence-corrected chi connectivity index (χ3v) is 4.18.